The fraction of sp³-hybridized carbons (Fsp3) is 0.150. The van der Waals surface area contributed by atoms with E-state index in [9.17, 15) is 9.18 Å². The van der Waals surface area contributed by atoms with Gasteiger partial charge in [-0.3, -0.25) is 14.4 Å². The molecule has 1 aliphatic rings. The van der Waals surface area contributed by atoms with Crippen molar-refractivity contribution in [1.82, 2.24) is 9.55 Å². The van der Waals surface area contributed by atoms with Gasteiger partial charge in [-0.15, -0.1) is 0 Å². The number of ketones is 1. The van der Waals surface area contributed by atoms with Crippen molar-refractivity contribution in [2.75, 3.05) is 0 Å². The van der Waals surface area contributed by atoms with Gasteiger partial charge in [-0.05, 0) is 37.3 Å². The Bertz CT molecular complexity index is 1070. The van der Waals surface area contributed by atoms with Gasteiger partial charge in [0.25, 0.3) is 0 Å². The van der Waals surface area contributed by atoms with Crippen LogP contribution in [0, 0.1) is 5.82 Å². The molecule has 0 N–H and O–H groups in total. The highest BCUT2D eigenvalue weighted by atomic mass is 79.9. The molecule has 1 atom stereocenters. The van der Waals surface area contributed by atoms with E-state index in [1.54, 1.807) is 24.5 Å². The summed E-state index contributed by atoms with van der Waals surface area (Å²) in [5, 5.41) is 0. The van der Waals surface area contributed by atoms with Crippen LogP contribution in [0.2, 0.25) is 0 Å². The molecule has 6 heteroatoms. The average Bonchev–Trinajstić information content (AvgIpc) is 3.01. The van der Waals surface area contributed by atoms with Gasteiger partial charge in [-0.25, -0.2) is 9.37 Å². The van der Waals surface area contributed by atoms with E-state index in [0.29, 0.717) is 22.7 Å². The molecule has 26 heavy (non-hydrogen) atoms. The van der Waals surface area contributed by atoms with E-state index in [4.69, 9.17) is 4.99 Å². The predicted molar refractivity (Wildman–Crippen MR) is 102 cm³/mol. The summed E-state index contributed by atoms with van der Waals surface area (Å²) >= 11 is 3.49. The molecule has 0 amide bonds. The number of hydrogen-bond acceptors (Lipinski definition) is 3. The molecule has 1 aromatic heterocycles. The molecule has 2 heterocycles. The third kappa shape index (κ3) is 2.61. The van der Waals surface area contributed by atoms with Crippen LogP contribution >= 0.6 is 15.9 Å². The second kappa shape index (κ2) is 6.29. The molecule has 0 bridgehead atoms. The molecule has 130 valence electrons. The summed E-state index contributed by atoms with van der Waals surface area (Å²) in [6, 6.07) is 12.0. The number of nitrogens with zero attached hydrogens (tertiary/aromatic N) is 3. The van der Waals surface area contributed by atoms with Gasteiger partial charge in [-0.1, -0.05) is 28.1 Å². The summed E-state index contributed by atoms with van der Waals surface area (Å²) in [5.41, 5.74) is 3.70. The van der Waals surface area contributed by atoms with Crippen LogP contribution in [0.15, 0.2) is 58.3 Å². The number of halogens is 2. The van der Waals surface area contributed by atoms with Crippen molar-refractivity contribution in [2.24, 2.45) is 4.99 Å². The zero-order valence-corrected chi connectivity index (χ0v) is 15.8. The molecule has 4 rings (SSSR count). The molecular formula is C20H15BrFN3O. The Kier molecular flexibility index (Phi) is 4.07. The van der Waals surface area contributed by atoms with E-state index < -0.39 is 0 Å². The van der Waals surface area contributed by atoms with Crippen LogP contribution in [-0.4, -0.2) is 21.0 Å². The lowest BCUT2D eigenvalue weighted by molar-refractivity contribution is 0.101. The zero-order chi connectivity index (χ0) is 18.4. The molecule has 0 saturated heterocycles. The zero-order valence-electron chi connectivity index (χ0n) is 14.2. The Morgan fingerprint density at radius 1 is 1.19 bits per heavy atom. The van der Waals surface area contributed by atoms with Crippen LogP contribution in [0.5, 0.6) is 0 Å². The van der Waals surface area contributed by atoms with Crippen molar-refractivity contribution in [3.05, 3.63) is 81.6 Å². The maximum Gasteiger partial charge on any atom is 0.180 e. The molecule has 0 fully saturated rings. The number of hydrogen-bond donors (Lipinski definition) is 0. The Balaban J connectivity index is 2.07. The molecular weight excluding hydrogens is 397 g/mol. The first-order valence-electron chi connectivity index (χ1n) is 8.18. The van der Waals surface area contributed by atoms with Crippen molar-refractivity contribution in [2.45, 2.75) is 19.9 Å². The minimum absolute atomic E-state index is 0.117. The summed E-state index contributed by atoms with van der Waals surface area (Å²) in [5.74, 6) is -0.449. The quantitative estimate of drug-likeness (QED) is 0.563. The number of aromatic nitrogens is 2. The van der Waals surface area contributed by atoms with Gasteiger partial charge in [0.05, 0.1) is 23.1 Å². The van der Waals surface area contributed by atoms with Crippen LogP contribution in [-0.2, 0) is 0 Å². The first-order chi connectivity index (χ1) is 12.5. The standard InChI is InChI=1S/C20H15BrFN3O/c1-11-20-18(12(2)26)23-10-25(20)17-8-7-13(21)9-15(17)19(24-11)14-5-3-4-6-16(14)22/h3-11H,1-2H3/t11-/m1/s1. The molecule has 3 aromatic rings. The molecule has 0 spiro atoms. The monoisotopic (exact) mass is 411 g/mol. The number of aliphatic imine (C=N–C) groups is 1. The van der Waals surface area contributed by atoms with Crippen LogP contribution < -0.4 is 0 Å². The highest BCUT2D eigenvalue weighted by Crippen LogP contribution is 2.34. The number of rotatable bonds is 2. The number of carbonyl (C=O) groups excluding carboxylic acids is 1. The van der Waals surface area contributed by atoms with Gasteiger partial charge in [0.15, 0.2) is 5.78 Å². The summed E-state index contributed by atoms with van der Waals surface area (Å²) in [7, 11) is 0. The third-order valence-electron chi connectivity index (χ3n) is 4.46. The van der Waals surface area contributed by atoms with E-state index in [0.717, 1.165) is 15.7 Å². The lowest BCUT2D eigenvalue weighted by Crippen LogP contribution is -2.09. The second-order valence-electron chi connectivity index (χ2n) is 6.20. The molecule has 4 nitrogen and oxygen atoms in total. The van der Waals surface area contributed by atoms with Crippen molar-refractivity contribution >= 4 is 27.4 Å². The molecule has 0 unspecified atom stereocenters. The Hall–Kier alpha value is -2.60. The SMILES string of the molecule is CC(=O)c1ncn2c1[C@@H](C)N=C(c1ccccc1F)c1cc(Br)ccc1-2. The number of Topliss-reactive ketones (excluding diaryl/α,β-unsaturated/α-hetero) is 1. The maximum absolute atomic E-state index is 14.5. The fourth-order valence-corrected chi connectivity index (χ4v) is 3.68. The summed E-state index contributed by atoms with van der Waals surface area (Å²) < 4.78 is 17.3. The Labute approximate surface area is 158 Å². The summed E-state index contributed by atoms with van der Waals surface area (Å²) in [4.78, 5) is 21.1. The first-order valence-corrected chi connectivity index (χ1v) is 8.98. The first kappa shape index (κ1) is 16.8. The van der Waals surface area contributed by atoms with E-state index in [2.05, 4.69) is 20.9 Å². The summed E-state index contributed by atoms with van der Waals surface area (Å²) in [6.45, 7) is 3.38. The van der Waals surface area contributed by atoms with Crippen molar-refractivity contribution in [3.63, 3.8) is 0 Å². The van der Waals surface area contributed by atoms with Crippen LogP contribution in [0.3, 0.4) is 0 Å². The molecule has 0 radical (unpaired) electrons. The van der Waals surface area contributed by atoms with E-state index in [1.807, 2.05) is 29.7 Å². The van der Waals surface area contributed by atoms with Gasteiger partial charge >= 0.3 is 0 Å². The second-order valence-corrected chi connectivity index (χ2v) is 7.12. The lowest BCUT2D eigenvalue weighted by atomic mass is 10.00. The minimum atomic E-state index is -0.350. The number of fused-ring (bicyclic) bond motifs is 3. The Morgan fingerprint density at radius 3 is 2.69 bits per heavy atom. The van der Waals surface area contributed by atoms with Crippen LogP contribution in [0.25, 0.3) is 5.69 Å². The predicted octanol–water partition coefficient (Wildman–Crippen LogP) is 4.89. The highest BCUT2D eigenvalue weighted by molar-refractivity contribution is 9.10. The van der Waals surface area contributed by atoms with Crippen LogP contribution in [0.1, 0.15) is 47.2 Å². The van der Waals surface area contributed by atoms with Crippen LogP contribution in [0.4, 0.5) is 4.39 Å². The maximum atomic E-state index is 14.5. The van der Waals surface area contributed by atoms with Gasteiger partial charge in [0, 0.05) is 22.5 Å². The largest absolute Gasteiger partial charge is 0.300 e. The van der Waals surface area contributed by atoms with E-state index in [1.165, 1.54) is 13.0 Å². The fourth-order valence-electron chi connectivity index (χ4n) is 3.32. The van der Waals surface area contributed by atoms with Crippen molar-refractivity contribution < 1.29 is 9.18 Å². The smallest absolute Gasteiger partial charge is 0.180 e. The number of carbonyl (C=O) groups is 1. The molecule has 0 aliphatic carbocycles. The number of imidazole rings is 1. The molecule has 2 aromatic carbocycles. The van der Waals surface area contributed by atoms with Gasteiger partial charge in [-0.2, -0.15) is 0 Å². The average molecular weight is 412 g/mol. The van der Waals surface area contributed by atoms with E-state index in [-0.39, 0.29) is 17.6 Å². The topological polar surface area (TPSA) is 47.2 Å². The van der Waals surface area contributed by atoms with E-state index >= 15 is 0 Å². The highest BCUT2D eigenvalue weighted by Gasteiger charge is 2.28. The third-order valence-corrected chi connectivity index (χ3v) is 4.95. The summed E-state index contributed by atoms with van der Waals surface area (Å²) in [6.07, 6.45) is 1.63. The van der Waals surface area contributed by atoms with Gasteiger partial charge in [0.2, 0.25) is 0 Å². The van der Waals surface area contributed by atoms with Crippen molar-refractivity contribution in [3.8, 4) is 5.69 Å². The molecule has 0 saturated carbocycles. The van der Waals surface area contributed by atoms with Gasteiger partial charge in [0.1, 0.15) is 17.8 Å². The Morgan fingerprint density at radius 2 is 1.96 bits per heavy atom. The normalized spacial score (nSPS) is 15.7. The molecule has 1 aliphatic heterocycles. The van der Waals surface area contributed by atoms with Gasteiger partial charge < -0.3 is 0 Å². The lowest BCUT2D eigenvalue weighted by Gasteiger charge is -2.12. The number of benzene rings is 2. The minimum Gasteiger partial charge on any atom is -0.300 e. The van der Waals surface area contributed by atoms with Crippen molar-refractivity contribution in [1.29, 1.82) is 0 Å².